The number of hydrogen-bond acceptors (Lipinski definition) is 3. The van der Waals surface area contributed by atoms with Crippen LogP contribution >= 0.6 is 11.6 Å². The molecule has 0 spiro atoms. The van der Waals surface area contributed by atoms with Gasteiger partial charge in [-0.05, 0) is 44.5 Å². The Kier molecular flexibility index (Phi) is 4.09. The van der Waals surface area contributed by atoms with Crippen molar-refractivity contribution in [3.63, 3.8) is 0 Å². The molecule has 0 fully saturated rings. The Morgan fingerprint density at radius 3 is 2.60 bits per heavy atom. The van der Waals surface area contributed by atoms with E-state index < -0.39 is 0 Å². The molecule has 20 heavy (non-hydrogen) atoms. The third kappa shape index (κ3) is 3.36. The molecular weight excluding hydrogens is 276 g/mol. The number of amides is 1. The summed E-state index contributed by atoms with van der Waals surface area (Å²) in [5.74, 6) is -0.225. The summed E-state index contributed by atoms with van der Waals surface area (Å²) in [7, 11) is 0. The maximum Gasteiger partial charge on any atom is 0.273 e. The minimum atomic E-state index is -0.263. The van der Waals surface area contributed by atoms with Crippen LogP contribution in [-0.2, 0) is 0 Å². The van der Waals surface area contributed by atoms with Gasteiger partial charge < -0.3 is 5.32 Å². The van der Waals surface area contributed by atoms with Gasteiger partial charge in [-0.1, -0.05) is 23.7 Å². The number of aromatic nitrogens is 3. The van der Waals surface area contributed by atoms with E-state index in [1.54, 1.807) is 23.0 Å². The van der Waals surface area contributed by atoms with Crippen LogP contribution in [0.25, 0.3) is 5.69 Å². The molecule has 0 saturated carbocycles. The molecule has 0 unspecified atom stereocenters. The minimum absolute atomic E-state index is 0.225. The molecule has 1 aromatic heterocycles. The van der Waals surface area contributed by atoms with Gasteiger partial charge in [0.25, 0.3) is 5.91 Å². The van der Waals surface area contributed by atoms with Crippen molar-refractivity contribution in [1.29, 1.82) is 0 Å². The Morgan fingerprint density at radius 1 is 1.35 bits per heavy atom. The highest BCUT2D eigenvalue weighted by Gasteiger charge is 2.20. The van der Waals surface area contributed by atoms with Crippen molar-refractivity contribution in [1.82, 2.24) is 20.3 Å². The molecule has 0 aliphatic heterocycles. The summed E-state index contributed by atoms with van der Waals surface area (Å²) >= 11 is 5.83. The van der Waals surface area contributed by atoms with Gasteiger partial charge >= 0.3 is 0 Å². The fourth-order valence-electron chi connectivity index (χ4n) is 1.55. The topological polar surface area (TPSA) is 59.8 Å². The fraction of sp³-hybridized carbons (Fsp3) is 0.357. The van der Waals surface area contributed by atoms with E-state index in [4.69, 9.17) is 11.6 Å². The Labute approximate surface area is 122 Å². The lowest BCUT2D eigenvalue weighted by atomic mass is 10.0. The molecular formula is C14H17ClN4O. The Morgan fingerprint density at radius 2 is 2.00 bits per heavy atom. The summed E-state index contributed by atoms with van der Waals surface area (Å²) in [4.78, 5) is 12.1. The molecule has 0 bridgehead atoms. The van der Waals surface area contributed by atoms with Gasteiger partial charge in [-0.2, -0.15) is 0 Å². The van der Waals surface area contributed by atoms with E-state index in [-0.39, 0.29) is 11.4 Å². The number of benzene rings is 1. The van der Waals surface area contributed by atoms with Gasteiger partial charge in [0, 0.05) is 10.6 Å². The Hall–Kier alpha value is -1.88. The van der Waals surface area contributed by atoms with Crippen LogP contribution in [-0.4, -0.2) is 26.4 Å². The minimum Gasteiger partial charge on any atom is -0.346 e. The molecule has 5 nitrogen and oxygen atoms in total. The predicted molar refractivity (Wildman–Crippen MR) is 78.2 cm³/mol. The zero-order chi connectivity index (χ0) is 14.8. The maximum atomic E-state index is 12.1. The second-order valence-electron chi connectivity index (χ2n) is 5.22. The van der Waals surface area contributed by atoms with E-state index in [0.29, 0.717) is 10.7 Å². The first-order valence-electron chi connectivity index (χ1n) is 6.42. The summed E-state index contributed by atoms with van der Waals surface area (Å²) in [6.07, 6.45) is 2.44. The number of rotatable bonds is 4. The van der Waals surface area contributed by atoms with Crippen molar-refractivity contribution < 1.29 is 4.79 Å². The van der Waals surface area contributed by atoms with Gasteiger partial charge in [0.15, 0.2) is 5.69 Å². The van der Waals surface area contributed by atoms with Crippen molar-refractivity contribution in [2.24, 2.45) is 0 Å². The van der Waals surface area contributed by atoms with E-state index in [1.807, 2.05) is 32.9 Å². The highest BCUT2D eigenvalue weighted by atomic mass is 35.5. The number of halogens is 1. The van der Waals surface area contributed by atoms with Crippen LogP contribution in [0.3, 0.4) is 0 Å². The van der Waals surface area contributed by atoms with Crippen molar-refractivity contribution in [3.8, 4) is 5.69 Å². The van der Waals surface area contributed by atoms with Gasteiger partial charge in [0.1, 0.15) is 0 Å². The molecule has 0 atom stereocenters. The summed E-state index contributed by atoms with van der Waals surface area (Å²) < 4.78 is 1.55. The zero-order valence-electron chi connectivity index (χ0n) is 11.7. The molecule has 1 amide bonds. The fourth-order valence-corrected chi connectivity index (χ4v) is 1.67. The van der Waals surface area contributed by atoms with Crippen LogP contribution in [0.2, 0.25) is 5.02 Å². The number of carbonyl (C=O) groups excluding carboxylic acids is 1. The summed E-state index contributed by atoms with van der Waals surface area (Å²) in [5.41, 5.74) is 0.832. The normalized spacial score (nSPS) is 11.4. The first-order chi connectivity index (χ1) is 9.41. The molecule has 2 aromatic rings. The number of nitrogens with one attached hydrogen (secondary N) is 1. The van der Waals surface area contributed by atoms with Crippen molar-refractivity contribution in [2.75, 3.05) is 0 Å². The van der Waals surface area contributed by atoms with Crippen molar-refractivity contribution in [2.45, 2.75) is 32.7 Å². The Balaban J connectivity index is 2.17. The highest BCUT2D eigenvalue weighted by molar-refractivity contribution is 6.30. The molecule has 6 heteroatoms. The average molecular weight is 293 g/mol. The monoisotopic (exact) mass is 292 g/mol. The summed E-state index contributed by atoms with van der Waals surface area (Å²) in [6, 6.07) is 7.15. The molecule has 0 saturated heterocycles. The lowest BCUT2D eigenvalue weighted by Gasteiger charge is -2.23. The highest BCUT2D eigenvalue weighted by Crippen LogP contribution is 2.13. The molecule has 1 N–H and O–H groups in total. The zero-order valence-corrected chi connectivity index (χ0v) is 12.5. The smallest absolute Gasteiger partial charge is 0.273 e. The standard InChI is InChI=1S/C14H17ClN4O/c1-4-14(2,3)16-13(20)12-9-19(18-17-12)11-7-5-10(15)6-8-11/h5-9H,4H2,1-3H3,(H,16,20). The van der Waals surface area contributed by atoms with Crippen LogP contribution in [0.5, 0.6) is 0 Å². The second-order valence-corrected chi connectivity index (χ2v) is 5.65. The van der Waals surface area contributed by atoms with Crippen LogP contribution in [0.1, 0.15) is 37.7 Å². The van der Waals surface area contributed by atoms with Gasteiger partial charge in [-0.15, -0.1) is 5.10 Å². The SMILES string of the molecule is CCC(C)(C)NC(=O)c1cn(-c2ccc(Cl)cc2)nn1. The molecule has 106 valence electrons. The van der Waals surface area contributed by atoms with Gasteiger partial charge in [0.05, 0.1) is 11.9 Å². The maximum absolute atomic E-state index is 12.1. The van der Waals surface area contributed by atoms with E-state index in [1.165, 1.54) is 0 Å². The molecule has 0 aliphatic carbocycles. The van der Waals surface area contributed by atoms with Crippen LogP contribution < -0.4 is 5.32 Å². The van der Waals surface area contributed by atoms with Gasteiger partial charge in [0.2, 0.25) is 0 Å². The Bertz CT molecular complexity index is 604. The second kappa shape index (κ2) is 5.63. The number of nitrogens with zero attached hydrogens (tertiary/aromatic N) is 3. The van der Waals surface area contributed by atoms with Gasteiger partial charge in [-0.25, -0.2) is 4.68 Å². The molecule has 0 aliphatic rings. The molecule has 1 aromatic carbocycles. The quantitative estimate of drug-likeness (QED) is 0.942. The van der Waals surface area contributed by atoms with Gasteiger partial charge in [-0.3, -0.25) is 4.79 Å². The van der Waals surface area contributed by atoms with E-state index in [9.17, 15) is 4.79 Å². The molecule has 2 rings (SSSR count). The predicted octanol–water partition coefficient (Wildman–Crippen LogP) is 2.84. The largest absolute Gasteiger partial charge is 0.346 e. The average Bonchev–Trinajstić information content (AvgIpc) is 2.89. The van der Waals surface area contributed by atoms with E-state index in [0.717, 1.165) is 12.1 Å². The molecule has 1 heterocycles. The lowest BCUT2D eigenvalue weighted by Crippen LogP contribution is -2.42. The number of carbonyl (C=O) groups is 1. The number of hydrogen-bond donors (Lipinski definition) is 1. The third-order valence-electron chi connectivity index (χ3n) is 3.15. The van der Waals surface area contributed by atoms with Crippen molar-refractivity contribution >= 4 is 17.5 Å². The van der Waals surface area contributed by atoms with Crippen molar-refractivity contribution in [3.05, 3.63) is 41.2 Å². The first kappa shape index (κ1) is 14.5. The summed E-state index contributed by atoms with van der Waals surface area (Å²) in [5, 5.41) is 11.4. The summed E-state index contributed by atoms with van der Waals surface area (Å²) in [6.45, 7) is 5.95. The van der Waals surface area contributed by atoms with Crippen LogP contribution in [0.15, 0.2) is 30.5 Å². The van der Waals surface area contributed by atoms with Crippen LogP contribution in [0.4, 0.5) is 0 Å². The lowest BCUT2D eigenvalue weighted by molar-refractivity contribution is 0.0906. The third-order valence-corrected chi connectivity index (χ3v) is 3.40. The van der Waals surface area contributed by atoms with E-state index >= 15 is 0 Å². The molecule has 0 radical (unpaired) electrons. The van der Waals surface area contributed by atoms with Crippen LogP contribution in [0, 0.1) is 0 Å². The first-order valence-corrected chi connectivity index (χ1v) is 6.80. The van der Waals surface area contributed by atoms with E-state index in [2.05, 4.69) is 15.6 Å².